The summed E-state index contributed by atoms with van der Waals surface area (Å²) in [4.78, 5) is 4.09. The number of nitrogens with zero attached hydrogens (tertiary/aromatic N) is 1. The van der Waals surface area contributed by atoms with Gasteiger partial charge in [0.2, 0.25) is 0 Å². The van der Waals surface area contributed by atoms with Crippen LogP contribution < -0.4 is 16.6 Å². The maximum Gasteiger partial charge on any atom is 0.0682 e. The maximum atomic E-state index is 9.11. The molecule has 2 aromatic rings. The molecule has 2 rings (SSSR count). The molecule has 0 radical (unpaired) electrons. The Balaban J connectivity index is 2.05. The lowest BCUT2D eigenvalue weighted by Crippen LogP contribution is -2.14. The summed E-state index contributed by atoms with van der Waals surface area (Å²) in [7, 11) is 0. The smallest absolute Gasteiger partial charge is 0.0682 e. The molecule has 1 aromatic heterocycles. The summed E-state index contributed by atoms with van der Waals surface area (Å²) in [5.41, 5.74) is 15.5. The molecule has 0 fully saturated rings. The third kappa shape index (κ3) is 4.42. The van der Waals surface area contributed by atoms with Crippen LogP contribution in [0.15, 0.2) is 55.1 Å². The van der Waals surface area contributed by atoms with E-state index in [1.54, 1.807) is 18.6 Å². The molecule has 0 aliphatic rings. The first kappa shape index (κ1) is 16.3. The number of nitrogens with two attached hydrogens (primary N) is 1. The van der Waals surface area contributed by atoms with Gasteiger partial charge in [0.1, 0.15) is 0 Å². The molecule has 6 heteroatoms. The first-order valence-corrected chi connectivity index (χ1v) is 7.03. The summed E-state index contributed by atoms with van der Waals surface area (Å²) in [6, 6.07) is 9.25. The number of aliphatic hydroxyl groups excluding tert-OH is 1. The molecule has 1 aromatic carbocycles. The van der Waals surface area contributed by atoms with Crippen molar-refractivity contribution >= 4 is 23.6 Å². The summed E-state index contributed by atoms with van der Waals surface area (Å²) < 4.78 is 0. The van der Waals surface area contributed by atoms with Crippen molar-refractivity contribution in [2.45, 2.75) is 6.61 Å². The van der Waals surface area contributed by atoms with Gasteiger partial charge < -0.3 is 27.1 Å². The number of pyridine rings is 1. The van der Waals surface area contributed by atoms with Gasteiger partial charge in [0.15, 0.2) is 0 Å². The lowest BCUT2D eigenvalue weighted by Gasteiger charge is -2.08. The van der Waals surface area contributed by atoms with Gasteiger partial charge in [0.25, 0.3) is 0 Å². The number of anilines is 1. The summed E-state index contributed by atoms with van der Waals surface area (Å²) in [6.45, 7) is 0.00221. The second-order valence-corrected chi connectivity index (χ2v) is 4.69. The highest BCUT2D eigenvalue weighted by molar-refractivity contribution is 6.09. The van der Waals surface area contributed by atoms with Crippen molar-refractivity contribution in [3.63, 3.8) is 0 Å². The van der Waals surface area contributed by atoms with Crippen LogP contribution in [0.3, 0.4) is 0 Å². The highest BCUT2D eigenvalue weighted by Crippen LogP contribution is 2.17. The number of aliphatic hydroxyl groups is 1. The van der Waals surface area contributed by atoms with Gasteiger partial charge in [-0.1, -0.05) is 12.1 Å². The molecule has 0 saturated carbocycles. The molecule has 0 saturated heterocycles. The highest BCUT2D eigenvalue weighted by Gasteiger charge is 2.02. The van der Waals surface area contributed by atoms with Crippen molar-refractivity contribution in [3.8, 4) is 0 Å². The Morgan fingerprint density at radius 1 is 1.35 bits per heavy atom. The number of hydrazine groups is 1. The zero-order valence-electron chi connectivity index (χ0n) is 12.5. The average Bonchev–Trinajstić information content (AvgIpc) is 2.61. The van der Waals surface area contributed by atoms with Crippen LogP contribution in [0, 0.1) is 5.41 Å². The number of allylic oxidation sites excluding steroid dienone is 1. The fourth-order valence-corrected chi connectivity index (χ4v) is 2.02. The van der Waals surface area contributed by atoms with Crippen molar-refractivity contribution in [1.29, 1.82) is 5.41 Å². The molecule has 1 heterocycles. The molecule has 0 aliphatic heterocycles. The zero-order valence-corrected chi connectivity index (χ0v) is 12.5. The quantitative estimate of drug-likeness (QED) is 0.398. The first-order chi connectivity index (χ1) is 11.3. The van der Waals surface area contributed by atoms with Gasteiger partial charge in [-0.05, 0) is 35.4 Å². The van der Waals surface area contributed by atoms with Gasteiger partial charge in [-0.25, -0.2) is 0 Å². The van der Waals surface area contributed by atoms with Crippen molar-refractivity contribution in [3.05, 3.63) is 71.8 Å². The van der Waals surface area contributed by atoms with Gasteiger partial charge in [0, 0.05) is 42.1 Å². The third-order valence-electron chi connectivity index (χ3n) is 3.17. The number of aromatic nitrogens is 1. The largest absolute Gasteiger partial charge is 0.404 e. The number of benzene rings is 1. The molecule has 0 amide bonds. The standard InChI is InChI=1S/C17H19N5O/c18-9-15(10-19)17-5-6-20-11-14(17)4-7-21-22-16-3-1-2-13(8-16)12-23/h1-11,18,21-23H,12,19H2/b7-4+,15-10+,18-9?. The van der Waals surface area contributed by atoms with Crippen molar-refractivity contribution in [2.24, 2.45) is 5.73 Å². The molecule has 6 nitrogen and oxygen atoms in total. The highest BCUT2D eigenvalue weighted by atomic mass is 16.3. The normalized spacial score (nSPS) is 11.4. The maximum absolute atomic E-state index is 9.11. The second-order valence-electron chi connectivity index (χ2n) is 4.69. The van der Waals surface area contributed by atoms with Crippen molar-refractivity contribution < 1.29 is 5.11 Å². The Labute approximate surface area is 134 Å². The average molecular weight is 309 g/mol. The van der Waals surface area contributed by atoms with Crippen LogP contribution >= 0.6 is 0 Å². The zero-order chi connectivity index (χ0) is 16.5. The van der Waals surface area contributed by atoms with E-state index in [0.29, 0.717) is 5.57 Å². The third-order valence-corrected chi connectivity index (χ3v) is 3.17. The summed E-state index contributed by atoms with van der Waals surface area (Å²) >= 11 is 0. The van der Waals surface area contributed by atoms with Gasteiger partial charge in [-0.2, -0.15) is 0 Å². The van der Waals surface area contributed by atoms with E-state index < -0.39 is 0 Å². The van der Waals surface area contributed by atoms with Crippen LogP contribution in [-0.2, 0) is 6.61 Å². The van der Waals surface area contributed by atoms with Gasteiger partial charge in [-0.15, -0.1) is 0 Å². The van der Waals surface area contributed by atoms with Crippen LogP contribution in [0.25, 0.3) is 11.6 Å². The van der Waals surface area contributed by atoms with Gasteiger partial charge >= 0.3 is 0 Å². The summed E-state index contributed by atoms with van der Waals surface area (Å²) in [5.74, 6) is 0. The predicted molar refractivity (Wildman–Crippen MR) is 93.3 cm³/mol. The van der Waals surface area contributed by atoms with Crippen molar-refractivity contribution in [1.82, 2.24) is 10.4 Å². The van der Waals surface area contributed by atoms with E-state index in [9.17, 15) is 0 Å². The molecule has 0 aliphatic carbocycles. The fraction of sp³-hybridized carbons (Fsp3) is 0.0588. The van der Waals surface area contributed by atoms with Gasteiger partial charge in [0.05, 0.1) is 12.3 Å². The lowest BCUT2D eigenvalue weighted by atomic mass is 10.0. The number of hydrogen-bond donors (Lipinski definition) is 5. The van der Waals surface area contributed by atoms with Gasteiger partial charge in [-0.3, -0.25) is 4.98 Å². The Morgan fingerprint density at radius 3 is 2.96 bits per heavy atom. The summed E-state index contributed by atoms with van der Waals surface area (Å²) in [6.07, 6.45) is 9.52. The molecule has 0 bridgehead atoms. The number of rotatable bonds is 7. The van der Waals surface area contributed by atoms with Crippen molar-refractivity contribution in [2.75, 3.05) is 5.43 Å². The molecular formula is C17H19N5O. The second kappa shape index (κ2) is 8.35. The monoisotopic (exact) mass is 309 g/mol. The van der Waals surface area contributed by atoms with E-state index in [4.69, 9.17) is 16.2 Å². The predicted octanol–water partition coefficient (Wildman–Crippen LogP) is 2.11. The SMILES string of the molecule is N=C/C(=C\N)c1ccncc1/C=C/NNc1cccc(CO)c1. The van der Waals surface area contributed by atoms with Crippen LogP contribution in [0.2, 0.25) is 0 Å². The lowest BCUT2D eigenvalue weighted by molar-refractivity contribution is 0.282. The molecular weight excluding hydrogens is 290 g/mol. The molecule has 23 heavy (non-hydrogen) atoms. The molecule has 6 N–H and O–H groups in total. The Kier molecular flexibility index (Phi) is 5.90. The Hall–Kier alpha value is -3.12. The van der Waals surface area contributed by atoms with Crippen LogP contribution in [0.1, 0.15) is 16.7 Å². The molecule has 0 unspecified atom stereocenters. The van der Waals surface area contributed by atoms with E-state index in [-0.39, 0.29) is 6.61 Å². The van der Waals surface area contributed by atoms with Crippen LogP contribution in [0.5, 0.6) is 0 Å². The Morgan fingerprint density at radius 2 is 2.22 bits per heavy atom. The Bertz CT molecular complexity index is 724. The number of hydrogen-bond acceptors (Lipinski definition) is 6. The van der Waals surface area contributed by atoms with E-state index in [1.165, 1.54) is 12.4 Å². The molecule has 0 atom stereocenters. The first-order valence-electron chi connectivity index (χ1n) is 7.03. The minimum absolute atomic E-state index is 0.00221. The summed E-state index contributed by atoms with van der Waals surface area (Å²) in [5, 5.41) is 16.5. The minimum Gasteiger partial charge on any atom is -0.404 e. The topological polar surface area (TPSA) is 107 Å². The van der Waals surface area contributed by atoms with Crippen LogP contribution in [0.4, 0.5) is 5.69 Å². The van der Waals surface area contributed by atoms with E-state index in [2.05, 4.69) is 15.8 Å². The minimum atomic E-state index is 0.00221. The number of nitrogens with one attached hydrogen (secondary N) is 3. The molecule has 118 valence electrons. The fourth-order valence-electron chi connectivity index (χ4n) is 2.02. The molecule has 0 spiro atoms. The van der Waals surface area contributed by atoms with E-state index >= 15 is 0 Å². The van der Waals surface area contributed by atoms with Crippen LogP contribution in [-0.4, -0.2) is 16.3 Å². The van der Waals surface area contributed by atoms with E-state index in [0.717, 1.165) is 22.4 Å². The van der Waals surface area contributed by atoms with E-state index in [1.807, 2.05) is 36.4 Å².